The smallest absolute Gasteiger partial charge is 0.123 e. The molecular weight excluding hydrogens is 242 g/mol. The molecule has 78 valence electrons. The predicted molar refractivity (Wildman–Crippen MR) is 62.4 cm³/mol. The predicted octanol–water partition coefficient (Wildman–Crippen LogP) is 3.09. The Morgan fingerprint density at radius 2 is 2.21 bits per heavy atom. The van der Waals surface area contributed by atoms with Crippen LogP contribution in [0.2, 0.25) is 0 Å². The van der Waals surface area contributed by atoms with E-state index in [9.17, 15) is 0 Å². The fraction of sp³-hybridized carbons (Fsp3) is 0.455. The first-order valence-corrected chi connectivity index (χ1v) is 5.68. The molecule has 0 saturated carbocycles. The molecule has 0 amide bonds. The Labute approximate surface area is 93.6 Å². The lowest BCUT2D eigenvalue weighted by molar-refractivity contribution is 0.306. The van der Waals surface area contributed by atoms with Gasteiger partial charge < -0.3 is 10.5 Å². The molecule has 1 aromatic carbocycles. The maximum absolute atomic E-state index is 5.62. The number of benzene rings is 1. The van der Waals surface area contributed by atoms with Crippen molar-refractivity contribution in [1.82, 2.24) is 0 Å². The van der Waals surface area contributed by atoms with Crippen LogP contribution in [0.15, 0.2) is 22.7 Å². The van der Waals surface area contributed by atoms with Crippen LogP contribution in [0.5, 0.6) is 5.75 Å². The summed E-state index contributed by atoms with van der Waals surface area (Å²) < 4.78 is 6.66. The normalized spacial score (nSPS) is 10.2. The van der Waals surface area contributed by atoms with E-state index >= 15 is 0 Å². The molecule has 0 unspecified atom stereocenters. The van der Waals surface area contributed by atoms with Crippen molar-refractivity contribution in [2.45, 2.75) is 26.3 Å². The molecule has 0 aliphatic rings. The molecule has 0 atom stereocenters. The first kappa shape index (κ1) is 11.5. The van der Waals surface area contributed by atoms with Gasteiger partial charge in [0.1, 0.15) is 5.75 Å². The van der Waals surface area contributed by atoms with Crippen LogP contribution in [0.1, 0.15) is 25.3 Å². The van der Waals surface area contributed by atoms with Crippen LogP contribution in [-0.2, 0) is 6.54 Å². The molecule has 0 fully saturated rings. The van der Waals surface area contributed by atoms with E-state index in [4.69, 9.17) is 10.5 Å². The summed E-state index contributed by atoms with van der Waals surface area (Å²) >= 11 is 3.41. The van der Waals surface area contributed by atoms with Crippen molar-refractivity contribution in [3.8, 4) is 5.75 Å². The van der Waals surface area contributed by atoms with Gasteiger partial charge in [-0.2, -0.15) is 0 Å². The lowest BCUT2D eigenvalue weighted by Gasteiger charge is -2.10. The second-order valence-electron chi connectivity index (χ2n) is 3.16. The Hall–Kier alpha value is -0.540. The molecule has 2 nitrogen and oxygen atoms in total. The summed E-state index contributed by atoms with van der Waals surface area (Å²) in [6.45, 7) is 3.43. The van der Waals surface area contributed by atoms with E-state index in [0.29, 0.717) is 6.54 Å². The van der Waals surface area contributed by atoms with Crippen molar-refractivity contribution in [1.29, 1.82) is 0 Å². The number of nitrogens with two attached hydrogens (primary N) is 1. The van der Waals surface area contributed by atoms with Crippen molar-refractivity contribution in [3.63, 3.8) is 0 Å². The van der Waals surface area contributed by atoms with Crippen molar-refractivity contribution in [2.75, 3.05) is 6.61 Å². The highest BCUT2D eigenvalue weighted by Gasteiger charge is 2.02. The van der Waals surface area contributed by atoms with Gasteiger partial charge in [-0.25, -0.2) is 0 Å². The second kappa shape index (κ2) is 6.04. The highest BCUT2D eigenvalue weighted by atomic mass is 79.9. The summed E-state index contributed by atoms with van der Waals surface area (Å²) in [6, 6.07) is 5.93. The average molecular weight is 258 g/mol. The van der Waals surface area contributed by atoms with Gasteiger partial charge in [-0.3, -0.25) is 0 Å². The molecule has 0 radical (unpaired) electrons. The molecule has 1 rings (SSSR count). The summed E-state index contributed by atoms with van der Waals surface area (Å²) in [6.07, 6.45) is 2.23. The Morgan fingerprint density at radius 1 is 1.43 bits per heavy atom. The number of rotatable bonds is 5. The van der Waals surface area contributed by atoms with Crippen LogP contribution >= 0.6 is 15.9 Å². The van der Waals surface area contributed by atoms with E-state index in [1.54, 1.807) is 0 Å². The zero-order valence-corrected chi connectivity index (χ0v) is 10.0. The first-order chi connectivity index (χ1) is 6.77. The minimum atomic E-state index is 0.515. The third-order valence-corrected chi connectivity index (χ3v) is 2.49. The molecular formula is C11H16BrNO. The molecule has 0 aliphatic carbocycles. The third-order valence-electron chi connectivity index (χ3n) is 2.00. The van der Waals surface area contributed by atoms with E-state index in [1.165, 1.54) is 0 Å². The number of ether oxygens (including phenoxy) is 1. The van der Waals surface area contributed by atoms with Gasteiger partial charge in [-0.15, -0.1) is 0 Å². The Bertz CT molecular complexity index is 289. The molecule has 3 heteroatoms. The quantitative estimate of drug-likeness (QED) is 0.824. The summed E-state index contributed by atoms with van der Waals surface area (Å²) in [4.78, 5) is 0. The van der Waals surface area contributed by atoms with Gasteiger partial charge in [0.15, 0.2) is 0 Å². The maximum atomic E-state index is 5.62. The van der Waals surface area contributed by atoms with E-state index in [2.05, 4.69) is 22.9 Å². The SMILES string of the molecule is CCCCOc1ccc(Br)cc1CN. The van der Waals surface area contributed by atoms with Gasteiger partial charge in [0.2, 0.25) is 0 Å². The largest absolute Gasteiger partial charge is 0.493 e. The summed E-state index contributed by atoms with van der Waals surface area (Å²) in [5, 5.41) is 0. The summed E-state index contributed by atoms with van der Waals surface area (Å²) in [5.74, 6) is 0.907. The molecule has 0 saturated heterocycles. The Kier molecular flexibility index (Phi) is 4.98. The minimum absolute atomic E-state index is 0.515. The first-order valence-electron chi connectivity index (χ1n) is 4.89. The van der Waals surface area contributed by atoms with Crippen LogP contribution in [0.25, 0.3) is 0 Å². The lowest BCUT2D eigenvalue weighted by atomic mass is 10.2. The summed E-state index contributed by atoms with van der Waals surface area (Å²) in [7, 11) is 0. The monoisotopic (exact) mass is 257 g/mol. The van der Waals surface area contributed by atoms with Crippen molar-refractivity contribution >= 4 is 15.9 Å². The Balaban J connectivity index is 2.65. The highest BCUT2D eigenvalue weighted by Crippen LogP contribution is 2.22. The summed E-state index contributed by atoms with van der Waals surface area (Å²) in [5.41, 5.74) is 6.67. The van der Waals surface area contributed by atoms with Crippen LogP contribution in [-0.4, -0.2) is 6.61 Å². The van der Waals surface area contributed by atoms with Gasteiger partial charge in [0.25, 0.3) is 0 Å². The zero-order chi connectivity index (χ0) is 10.4. The standard InChI is InChI=1S/C11H16BrNO/c1-2-3-6-14-11-5-4-10(12)7-9(11)8-13/h4-5,7H,2-3,6,8,13H2,1H3. The molecule has 2 N–H and O–H groups in total. The van der Waals surface area contributed by atoms with Gasteiger partial charge in [0, 0.05) is 16.6 Å². The van der Waals surface area contributed by atoms with E-state index < -0.39 is 0 Å². The van der Waals surface area contributed by atoms with Crippen LogP contribution < -0.4 is 10.5 Å². The highest BCUT2D eigenvalue weighted by molar-refractivity contribution is 9.10. The van der Waals surface area contributed by atoms with Gasteiger partial charge in [-0.1, -0.05) is 29.3 Å². The maximum Gasteiger partial charge on any atom is 0.123 e. The van der Waals surface area contributed by atoms with E-state index in [0.717, 1.165) is 35.2 Å². The molecule has 0 bridgehead atoms. The zero-order valence-electron chi connectivity index (χ0n) is 8.42. The lowest BCUT2D eigenvalue weighted by Crippen LogP contribution is -2.03. The topological polar surface area (TPSA) is 35.2 Å². The van der Waals surface area contributed by atoms with Crippen molar-refractivity contribution in [3.05, 3.63) is 28.2 Å². The Morgan fingerprint density at radius 3 is 2.86 bits per heavy atom. The minimum Gasteiger partial charge on any atom is -0.493 e. The second-order valence-corrected chi connectivity index (χ2v) is 4.07. The number of halogens is 1. The van der Waals surface area contributed by atoms with Crippen LogP contribution in [0, 0.1) is 0 Å². The van der Waals surface area contributed by atoms with E-state index in [-0.39, 0.29) is 0 Å². The van der Waals surface area contributed by atoms with Crippen LogP contribution in [0.4, 0.5) is 0 Å². The number of unbranched alkanes of at least 4 members (excludes halogenated alkanes) is 1. The molecule has 0 aromatic heterocycles. The van der Waals surface area contributed by atoms with Crippen LogP contribution in [0.3, 0.4) is 0 Å². The van der Waals surface area contributed by atoms with Crippen molar-refractivity contribution in [2.24, 2.45) is 5.73 Å². The van der Waals surface area contributed by atoms with Gasteiger partial charge >= 0.3 is 0 Å². The van der Waals surface area contributed by atoms with Crippen molar-refractivity contribution < 1.29 is 4.74 Å². The average Bonchev–Trinajstić information content (AvgIpc) is 2.20. The molecule has 0 spiro atoms. The molecule has 14 heavy (non-hydrogen) atoms. The third kappa shape index (κ3) is 3.31. The van der Waals surface area contributed by atoms with Gasteiger partial charge in [0.05, 0.1) is 6.61 Å². The number of hydrogen-bond acceptors (Lipinski definition) is 2. The fourth-order valence-corrected chi connectivity index (χ4v) is 1.58. The molecule has 1 aromatic rings. The molecule has 0 aliphatic heterocycles. The molecule has 0 heterocycles. The fourth-order valence-electron chi connectivity index (χ4n) is 1.17. The van der Waals surface area contributed by atoms with Gasteiger partial charge in [-0.05, 0) is 24.6 Å². The number of hydrogen-bond donors (Lipinski definition) is 1. The van der Waals surface area contributed by atoms with E-state index in [1.807, 2.05) is 18.2 Å².